The van der Waals surface area contributed by atoms with Gasteiger partial charge in [-0.3, -0.25) is 9.59 Å². The molecule has 0 saturated carbocycles. The SMILES string of the molecule is C[C@H](Oc1cc2cc(F)ccc2nc1N1C(=O)c2ccccc2C1=O)c1cc(C#N)c(F)cc1-n1cccn1. The lowest BCUT2D eigenvalue weighted by atomic mass is 10.0. The predicted molar refractivity (Wildman–Crippen MR) is 137 cm³/mol. The molecule has 5 aromatic rings. The summed E-state index contributed by atoms with van der Waals surface area (Å²) in [5.41, 5.74) is 1.32. The maximum Gasteiger partial charge on any atom is 0.267 e. The second-order valence-corrected chi connectivity index (χ2v) is 8.85. The zero-order valence-electron chi connectivity index (χ0n) is 20.3. The number of nitrogens with zero attached hydrogens (tertiary/aromatic N) is 5. The molecular formula is C29H17F2N5O3. The molecule has 2 aromatic heterocycles. The average molecular weight is 521 g/mol. The molecule has 0 bridgehead atoms. The summed E-state index contributed by atoms with van der Waals surface area (Å²) in [5, 5.41) is 14.0. The third-order valence-electron chi connectivity index (χ3n) is 6.46. The second-order valence-electron chi connectivity index (χ2n) is 8.85. The lowest BCUT2D eigenvalue weighted by molar-refractivity contribution is 0.0922. The Morgan fingerprint density at radius 3 is 2.38 bits per heavy atom. The fourth-order valence-electron chi connectivity index (χ4n) is 4.60. The number of halogens is 2. The third-order valence-corrected chi connectivity index (χ3v) is 6.46. The van der Waals surface area contributed by atoms with E-state index in [1.165, 1.54) is 47.3 Å². The molecule has 1 aliphatic rings. The van der Waals surface area contributed by atoms with E-state index in [1.54, 1.807) is 43.5 Å². The van der Waals surface area contributed by atoms with Crippen molar-refractivity contribution in [2.75, 3.05) is 4.90 Å². The van der Waals surface area contributed by atoms with Crippen molar-refractivity contribution < 1.29 is 23.1 Å². The highest BCUT2D eigenvalue weighted by Gasteiger charge is 2.39. The van der Waals surface area contributed by atoms with E-state index < -0.39 is 29.6 Å². The molecule has 39 heavy (non-hydrogen) atoms. The lowest BCUT2D eigenvalue weighted by Gasteiger charge is -2.23. The monoisotopic (exact) mass is 521 g/mol. The summed E-state index contributed by atoms with van der Waals surface area (Å²) in [6.45, 7) is 1.66. The van der Waals surface area contributed by atoms with E-state index in [4.69, 9.17) is 4.74 Å². The Hall–Kier alpha value is -5.43. The van der Waals surface area contributed by atoms with Crippen LogP contribution in [0.3, 0.4) is 0 Å². The van der Waals surface area contributed by atoms with Crippen molar-refractivity contribution in [1.29, 1.82) is 5.26 Å². The number of carbonyl (C=O) groups excluding carboxylic acids is 2. The van der Waals surface area contributed by atoms with Gasteiger partial charge in [-0.1, -0.05) is 12.1 Å². The molecule has 2 amide bonds. The molecule has 3 heterocycles. The van der Waals surface area contributed by atoms with Crippen LogP contribution in [0.25, 0.3) is 16.6 Å². The summed E-state index contributed by atoms with van der Waals surface area (Å²) in [4.78, 5) is 32.0. The number of hydrogen-bond donors (Lipinski definition) is 0. The van der Waals surface area contributed by atoms with Crippen molar-refractivity contribution in [3.05, 3.63) is 113 Å². The number of hydrogen-bond acceptors (Lipinski definition) is 6. The van der Waals surface area contributed by atoms with E-state index >= 15 is 0 Å². The summed E-state index contributed by atoms with van der Waals surface area (Å²) in [6, 6.07) is 17.8. The molecule has 8 nitrogen and oxygen atoms in total. The molecule has 0 N–H and O–H groups in total. The van der Waals surface area contributed by atoms with E-state index in [0.717, 1.165) is 4.90 Å². The van der Waals surface area contributed by atoms with Crippen LogP contribution in [0.4, 0.5) is 14.6 Å². The fourth-order valence-corrected chi connectivity index (χ4v) is 4.60. The normalized spacial score (nSPS) is 13.4. The van der Waals surface area contributed by atoms with Crippen LogP contribution in [0.5, 0.6) is 5.75 Å². The standard InChI is InChI=1S/C29H17F2N5O3/c1-16(22-12-18(15-32)23(31)14-25(22)35-10-4-9-33-35)39-26-13-17-11-19(30)7-8-24(17)34-27(26)36-28(37)20-5-2-3-6-21(20)29(36)38/h2-14,16H,1H3/t16-/m0/s1. The van der Waals surface area contributed by atoms with Gasteiger partial charge in [0.05, 0.1) is 27.9 Å². The van der Waals surface area contributed by atoms with Crippen molar-refractivity contribution in [2.45, 2.75) is 13.0 Å². The first-order valence-corrected chi connectivity index (χ1v) is 11.8. The van der Waals surface area contributed by atoms with Crippen molar-refractivity contribution in [1.82, 2.24) is 14.8 Å². The minimum absolute atomic E-state index is 0.0179. The third kappa shape index (κ3) is 3.97. The van der Waals surface area contributed by atoms with Gasteiger partial charge in [0, 0.05) is 29.4 Å². The van der Waals surface area contributed by atoms with Crippen molar-refractivity contribution in [3.63, 3.8) is 0 Å². The number of rotatable bonds is 5. The van der Waals surface area contributed by atoms with E-state index in [2.05, 4.69) is 10.1 Å². The van der Waals surface area contributed by atoms with Crippen LogP contribution in [0.15, 0.2) is 79.1 Å². The molecule has 1 aliphatic heterocycles. The number of imide groups is 1. The molecule has 0 fully saturated rings. The molecule has 1 atom stereocenters. The van der Waals surface area contributed by atoms with Crippen LogP contribution >= 0.6 is 0 Å². The molecule has 0 radical (unpaired) electrons. The van der Waals surface area contributed by atoms with Crippen LogP contribution in [0, 0.1) is 23.0 Å². The topological polar surface area (TPSA) is 101 Å². The summed E-state index contributed by atoms with van der Waals surface area (Å²) in [5.74, 6) is -2.44. The van der Waals surface area contributed by atoms with E-state index in [0.29, 0.717) is 22.2 Å². The van der Waals surface area contributed by atoms with Gasteiger partial charge in [0.2, 0.25) is 0 Å². The van der Waals surface area contributed by atoms with Crippen LogP contribution in [-0.4, -0.2) is 26.6 Å². The maximum atomic E-state index is 14.6. The molecular weight excluding hydrogens is 504 g/mol. The number of pyridine rings is 1. The number of benzene rings is 3. The lowest BCUT2D eigenvalue weighted by Crippen LogP contribution is -2.31. The van der Waals surface area contributed by atoms with Gasteiger partial charge in [-0.2, -0.15) is 10.4 Å². The quantitative estimate of drug-likeness (QED) is 0.283. The Morgan fingerprint density at radius 1 is 0.974 bits per heavy atom. The largest absolute Gasteiger partial charge is 0.482 e. The van der Waals surface area contributed by atoms with E-state index in [-0.39, 0.29) is 28.3 Å². The van der Waals surface area contributed by atoms with Crippen molar-refractivity contribution in [2.24, 2.45) is 0 Å². The van der Waals surface area contributed by atoms with Gasteiger partial charge < -0.3 is 4.74 Å². The van der Waals surface area contributed by atoms with Gasteiger partial charge >= 0.3 is 0 Å². The Kier molecular flexibility index (Phi) is 5.61. The summed E-state index contributed by atoms with van der Waals surface area (Å²) in [7, 11) is 0. The number of fused-ring (bicyclic) bond motifs is 2. The zero-order chi connectivity index (χ0) is 27.3. The number of ether oxygens (including phenoxy) is 1. The van der Waals surface area contributed by atoms with Crippen molar-refractivity contribution in [3.8, 4) is 17.5 Å². The molecule has 6 rings (SSSR count). The molecule has 0 saturated heterocycles. The van der Waals surface area contributed by atoms with Crippen LogP contribution in [0.2, 0.25) is 0 Å². The van der Waals surface area contributed by atoms with Gasteiger partial charge in [-0.25, -0.2) is 23.3 Å². The van der Waals surface area contributed by atoms with Gasteiger partial charge in [0.15, 0.2) is 11.6 Å². The number of carbonyl (C=O) groups is 2. The highest BCUT2D eigenvalue weighted by Crippen LogP contribution is 2.39. The van der Waals surface area contributed by atoms with Gasteiger partial charge in [0.25, 0.3) is 11.8 Å². The summed E-state index contributed by atoms with van der Waals surface area (Å²) >= 11 is 0. The smallest absolute Gasteiger partial charge is 0.267 e. The second kappa shape index (κ2) is 9.15. The Balaban J connectivity index is 1.50. The number of nitriles is 1. The summed E-state index contributed by atoms with van der Waals surface area (Å²) in [6.07, 6.45) is 2.29. The van der Waals surface area contributed by atoms with Crippen molar-refractivity contribution >= 4 is 28.5 Å². The highest BCUT2D eigenvalue weighted by atomic mass is 19.1. The first-order chi connectivity index (χ1) is 18.9. The van der Waals surface area contributed by atoms with Crippen LogP contribution < -0.4 is 9.64 Å². The first-order valence-electron chi connectivity index (χ1n) is 11.8. The fraction of sp³-hybridized carbons (Fsp3) is 0.0690. The molecule has 0 unspecified atom stereocenters. The number of amides is 2. The van der Waals surface area contributed by atoms with Gasteiger partial charge in [-0.05, 0) is 55.5 Å². The number of aromatic nitrogens is 3. The van der Waals surface area contributed by atoms with Crippen LogP contribution in [-0.2, 0) is 0 Å². The minimum atomic E-state index is -0.848. The first kappa shape index (κ1) is 23.9. The molecule has 0 spiro atoms. The molecule has 0 aliphatic carbocycles. The Bertz CT molecular complexity index is 1810. The summed E-state index contributed by atoms with van der Waals surface area (Å²) < 4.78 is 36.3. The van der Waals surface area contributed by atoms with Crippen LogP contribution in [0.1, 0.15) is 44.9 Å². The Morgan fingerprint density at radius 2 is 1.72 bits per heavy atom. The average Bonchev–Trinajstić information content (AvgIpc) is 3.55. The number of anilines is 1. The molecule has 10 heteroatoms. The van der Waals surface area contributed by atoms with Gasteiger partial charge in [0.1, 0.15) is 23.8 Å². The zero-order valence-corrected chi connectivity index (χ0v) is 20.3. The minimum Gasteiger partial charge on any atom is -0.482 e. The van der Waals surface area contributed by atoms with E-state index in [9.17, 15) is 23.6 Å². The van der Waals surface area contributed by atoms with Gasteiger partial charge in [-0.15, -0.1) is 0 Å². The predicted octanol–water partition coefficient (Wildman–Crippen LogP) is 5.51. The maximum absolute atomic E-state index is 14.6. The molecule has 190 valence electrons. The highest BCUT2D eigenvalue weighted by molar-refractivity contribution is 6.34. The van der Waals surface area contributed by atoms with E-state index in [1.807, 2.05) is 6.07 Å². The molecule has 3 aromatic carbocycles. The Labute approximate surface area is 220 Å².